The van der Waals surface area contributed by atoms with Gasteiger partial charge in [0.25, 0.3) is 0 Å². The van der Waals surface area contributed by atoms with Crippen LogP contribution in [-0.2, 0) is 24.4 Å². The summed E-state index contributed by atoms with van der Waals surface area (Å²) in [6.45, 7) is 4.46. The van der Waals surface area contributed by atoms with Crippen molar-refractivity contribution in [1.29, 1.82) is 0 Å². The maximum Gasteiger partial charge on any atom is -0.870 e. The van der Waals surface area contributed by atoms with Crippen LogP contribution in [0, 0.1) is 0 Å². The zero-order chi connectivity index (χ0) is 3.58. The van der Waals surface area contributed by atoms with Gasteiger partial charge >= 0.3 is 41.9 Å². The van der Waals surface area contributed by atoms with Crippen LogP contribution in [0.2, 0.25) is 3.67 Å². The van der Waals surface area contributed by atoms with Crippen molar-refractivity contribution in [3.05, 3.63) is 0 Å². The third-order valence-electron chi connectivity index (χ3n) is 0. The Labute approximate surface area is 58.6 Å². The van der Waals surface area contributed by atoms with Crippen LogP contribution < -0.4 is 0 Å². The van der Waals surface area contributed by atoms with Gasteiger partial charge in [-0.1, -0.05) is 0 Å². The average Bonchev–Trinajstić information content (AvgIpc) is 0.811. The Bertz CT molecular complexity index is 14.9. The first-order valence-corrected chi connectivity index (χ1v) is 3.52. The first-order valence-electron chi connectivity index (χ1n) is 1.44. The summed E-state index contributed by atoms with van der Waals surface area (Å²) in [6, 6.07) is 0. The van der Waals surface area contributed by atoms with Crippen molar-refractivity contribution in [2.24, 2.45) is 0 Å². The van der Waals surface area contributed by atoms with E-state index in [1.165, 1.54) is 24.4 Å². The van der Waals surface area contributed by atoms with Gasteiger partial charge in [0.2, 0.25) is 0 Å². The van der Waals surface area contributed by atoms with Crippen molar-refractivity contribution in [2.45, 2.75) is 17.5 Å². The molecule has 0 amide bonds. The third kappa shape index (κ3) is 271. The summed E-state index contributed by atoms with van der Waals surface area (Å²) in [7, 11) is 0. The van der Waals surface area contributed by atoms with Crippen LogP contribution in [0.3, 0.4) is 0 Å². The van der Waals surface area contributed by atoms with E-state index < -0.39 is 0 Å². The molecule has 7 heavy (non-hydrogen) atoms. The summed E-state index contributed by atoms with van der Waals surface area (Å²) < 4.78 is 0.972. The molecular formula is C3H10HfO3. The molecular weight excluding hydrogens is 263 g/mol. The maximum atomic E-state index is 2.23. The molecule has 0 spiro atoms. The Morgan fingerprint density at radius 1 is 1.00 bits per heavy atom. The average molecular weight is 273 g/mol. The molecule has 0 aromatic carbocycles. The van der Waals surface area contributed by atoms with Crippen molar-refractivity contribution < 1.29 is 40.8 Å². The van der Waals surface area contributed by atoms with Crippen molar-refractivity contribution in [3.63, 3.8) is 0 Å². The van der Waals surface area contributed by atoms with Gasteiger partial charge < -0.3 is 16.4 Å². The molecule has 0 unspecified atom stereocenters. The molecule has 0 aliphatic rings. The molecule has 0 atom stereocenters. The second-order valence-electron chi connectivity index (χ2n) is 1.15. The molecule has 0 aromatic heterocycles. The summed E-state index contributed by atoms with van der Waals surface area (Å²) in [5.41, 5.74) is 0. The molecule has 0 aromatic rings. The second kappa shape index (κ2) is 15.9. The fourth-order valence-corrected chi connectivity index (χ4v) is 0. The second-order valence-corrected chi connectivity index (χ2v) is 5.30. The molecule has 0 rings (SSSR count). The van der Waals surface area contributed by atoms with Crippen molar-refractivity contribution in [3.8, 4) is 0 Å². The predicted octanol–water partition coefficient (Wildman–Crippen LogP) is 0.831. The zero-order valence-corrected chi connectivity index (χ0v) is 8.01. The van der Waals surface area contributed by atoms with Crippen LogP contribution in [-0.4, -0.2) is 16.4 Å². The van der Waals surface area contributed by atoms with E-state index in [1.807, 2.05) is 0 Å². The van der Waals surface area contributed by atoms with Crippen LogP contribution in [0.15, 0.2) is 0 Å². The van der Waals surface area contributed by atoms with E-state index in [0.29, 0.717) is 0 Å². The van der Waals surface area contributed by atoms with Gasteiger partial charge in [0.1, 0.15) is 0 Å². The molecule has 44 valence electrons. The largest absolute Gasteiger partial charge is 0.870 e. The Hall–Kier alpha value is 0.750. The van der Waals surface area contributed by atoms with Gasteiger partial charge in [-0.25, -0.2) is 0 Å². The summed E-state index contributed by atoms with van der Waals surface area (Å²) in [6.07, 6.45) is 0. The minimum Gasteiger partial charge on any atom is -0.870 e. The topological polar surface area (TPSA) is 90.0 Å². The van der Waals surface area contributed by atoms with Gasteiger partial charge in [0, 0.05) is 0 Å². The van der Waals surface area contributed by atoms with Gasteiger partial charge in [-0.15, -0.1) is 0 Å². The van der Waals surface area contributed by atoms with E-state index >= 15 is 0 Å². The zero-order valence-electron chi connectivity index (χ0n) is 4.42. The van der Waals surface area contributed by atoms with Crippen LogP contribution in [0.25, 0.3) is 0 Å². The third-order valence-corrected chi connectivity index (χ3v) is 0. The van der Waals surface area contributed by atoms with Crippen molar-refractivity contribution >= 4 is 0 Å². The standard InChI is InChI=1S/C3H7.Hf.3H2O/c1-3-2;;;;/h3H,1-2H3;;3*1H2/q;+3;;;/p-3. The molecule has 3 N–H and O–H groups in total. The molecule has 3 nitrogen and oxygen atoms in total. The summed E-state index contributed by atoms with van der Waals surface area (Å²) in [5, 5.41) is 0. The SMILES string of the molecule is C[CH](C)[Hf+3].[OH-].[OH-].[OH-]. The van der Waals surface area contributed by atoms with Gasteiger partial charge in [0.05, 0.1) is 0 Å². The summed E-state index contributed by atoms with van der Waals surface area (Å²) in [4.78, 5) is 0. The fourth-order valence-electron chi connectivity index (χ4n) is 0. The number of rotatable bonds is 0. The Morgan fingerprint density at radius 3 is 1.00 bits per heavy atom. The Morgan fingerprint density at radius 2 is 1.00 bits per heavy atom. The Balaban J connectivity index is -0.0000000150. The van der Waals surface area contributed by atoms with Crippen molar-refractivity contribution in [2.75, 3.05) is 0 Å². The van der Waals surface area contributed by atoms with E-state index in [2.05, 4.69) is 13.8 Å². The monoisotopic (exact) mass is 274 g/mol. The van der Waals surface area contributed by atoms with Crippen LogP contribution in [0.5, 0.6) is 0 Å². The molecule has 0 aliphatic carbocycles. The minimum atomic E-state index is 0. The van der Waals surface area contributed by atoms with Crippen molar-refractivity contribution in [1.82, 2.24) is 0 Å². The smallest absolute Gasteiger partial charge is 0.870 e. The normalized spacial score (nSPS) is 5.29. The van der Waals surface area contributed by atoms with E-state index in [-0.39, 0.29) is 16.4 Å². The maximum absolute atomic E-state index is 2.23. The first-order chi connectivity index (χ1) is 1.73. The summed E-state index contributed by atoms with van der Waals surface area (Å²) in [5.74, 6) is 0. The van der Waals surface area contributed by atoms with Gasteiger partial charge in [-0.2, -0.15) is 0 Å². The number of hydrogen-bond acceptors (Lipinski definition) is 3. The molecule has 0 bridgehead atoms. The minimum absolute atomic E-state index is 0. The molecule has 0 radical (unpaired) electrons. The van der Waals surface area contributed by atoms with E-state index in [4.69, 9.17) is 0 Å². The van der Waals surface area contributed by atoms with E-state index in [9.17, 15) is 0 Å². The summed E-state index contributed by atoms with van der Waals surface area (Å²) >= 11 is 1.35. The number of hydrogen-bond donors (Lipinski definition) is 0. The van der Waals surface area contributed by atoms with Gasteiger partial charge in [0.15, 0.2) is 0 Å². The molecule has 0 fully saturated rings. The van der Waals surface area contributed by atoms with Gasteiger partial charge in [-0.05, 0) is 0 Å². The van der Waals surface area contributed by atoms with Crippen LogP contribution in [0.1, 0.15) is 13.8 Å². The molecule has 4 heteroatoms. The Kier molecular flexibility index (Phi) is 56.9. The first kappa shape index (κ1) is 25.1. The van der Waals surface area contributed by atoms with E-state index in [1.54, 1.807) is 0 Å². The van der Waals surface area contributed by atoms with Crippen LogP contribution >= 0.6 is 0 Å². The molecule has 0 saturated carbocycles. The predicted molar refractivity (Wildman–Crippen MR) is 20.9 cm³/mol. The fraction of sp³-hybridized carbons (Fsp3) is 1.00. The van der Waals surface area contributed by atoms with Gasteiger partial charge in [-0.3, -0.25) is 0 Å². The quantitative estimate of drug-likeness (QED) is 0.612. The van der Waals surface area contributed by atoms with Crippen LogP contribution in [0.4, 0.5) is 0 Å². The van der Waals surface area contributed by atoms with E-state index in [0.717, 1.165) is 3.67 Å². The molecule has 0 aliphatic heterocycles. The molecule has 0 saturated heterocycles. The molecule has 0 heterocycles.